The highest BCUT2D eigenvalue weighted by atomic mass is 79.9. The highest BCUT2D eigenvalue weighted by molar-refractivity contribution is 9.10. The zero-order chi connectivity index (χ0) is 13.8. The fourth-order valence-corrected chi connectivity index (χ4v) is 3.34. The number of alkyl halides is 2. The summed E-state index contributed by atoms with van der Waals surface area (Å²) in [4.78, 5) is 0. The van der Waals surface area contributed by atoms with E-state index in [0.29, 0.717) is 18.3 Å². The average molecular weight is 357 g/mol. The van der Waals surface area contributed by atoms with Crippen LogP contribution in [0.3, 0.4) is 0 Å². The molecule has 0 saturated carbocycles. The van der Waals surface area contributed by atoms with E-state index in [1.54, 1.807) is 0 Å². The molecule has 6 heteroatoms. The first-order valence-electron chi connectivity index (χ1n) is 6.10. The number of nitrogens with one attached hydrogen (secondary N) is 1. The van der Waals surface area contributed by atoms with Crippen LogP contribution in [0, 0.1) is 0 Å². The van der Waals surface area contributed by atoms with E-state index in [2.05, 4.69) is 40.2 Å². The minimum Gasteiger partial charge on any atom is -0.303 e. The fraction of sp³-hybridized carbons (Fsp3) is 0.750. The Labute approximate surface area is 127 Å². The van der Waals surface area contributed by atoms with Crippen molar-refractivity contribution in [2.45, 2.75) is 38.8 Å². The van der Waals surface area contributed by atoms with E-state index >= 15 is 0 Å². The largest absolute Gasteiger partial charge is 0.303 e. The first-order chi connectivity index (χ1) is 8.53. The summed E-state index contributed by atoms with van der Waals surface area (Å²) in [5.74, 6) is 1.01. The standard InChI is InChI=1S/C12H20BrCl2N3/c1-4-9-11(13)10(18(3)17-9)6-16-12(5-2,7-14)8-15/h16H,4-8H2,1-3H3. The molecule has 1 rings (SSSR count). The van der Waals surface area contributed by atoms with Crippen molar-refractivity contribution in [1.29, 1.82) is 0 Å². The molecule has 1 heterocycles. The molecule has 0 bridgehead atoms. The van der Waals surface area contributed by atoms with Gasteiger partial charge in [-0.05, 0) is 28.8 Å². The van der Waals surface area contributed by atoms with Gasteiger partial charge in [0.15, 0.2) is 0 Å². The lowest BCUT2D eigenvalue weighted by atomic mass is 10.0. The first kappa shape index (κ1) is 16.3. The van der Waals surface area contributed by atoms with E-state index < -0.39 is 0 Å². The Kier molecular flexibility index (Phi) is 6.45. The molecule has 0 aromatic carbocycles. The van der Waals surface area contributed by atoms with Gasteiger partial charge in [-0.25, -0.2) is 0 Å². The summed E-state index contributed by atoms with van der Waals surface area (Å²) in [7, 11) is 1.95. The molecule has 18 heavy (non-hydrogen) atoms. The summed E-state index contributed by atoms with van der Waals surface area (Å²) < 4.78 is 2.98. The van der Waals surface area contributed by atoms with Crippen molar-refractivity contribution in [1.82, 2.24) is 15.1 Å². The number of nitrogens with zero attached hydrogens (tertiary/aromatic N) is 2. The highest BCUT2D eigenvalue weighted by Gasteiger charge is 2.26. The van der Waals surface area contributed by atoms with E-state index in [-0.39, 0.29) is 5.54 Å². The number of halogens is 3. The van der Waals surface area contributed by atoms with Crippen molar-refractivity contribution < 1.29 is 0 Å². The molecule has 0 aliphatic carbocycles. The molecule has 0 atom stereocenters. The van der Waals surface area contributed by atoms with Crippen LogP contribution in [0.15, 0.2) is 4.47 Å². The summed E-state index contributed by atoms with van der Waals surface area (Å²) in [5, 5.41) is 7.93. The van der Waals surface area contributed by atoms with Crippen molar-refractivity contribution in [3.8, 4) is 0 Å². The number of aryl methyl sites for hydroxylation is 2. The summed E-state index contributed by atoms with van der Waals surface area (Å²) in [6, 6.07) is 0. The quantitative estimate of drug-likeness (QED) is 0.758. The number of aromatic nitrogens is 2. The van der Waals surface area contributed by atoms with Crippen molar-refractivity contribution in [3.05, 3.63) is 15.9 Å². The molecular weight excluding hydrogens is 337 g/mol. The van der Waals surface area contributed by atoms with Crippen molar-refractivity contribution >= 4 is 39.1 Å². The Hall–Kier alpha value is 0.230. The lowest BCUT2D eigenvalue weighted by molar-refractivity contribution is 0.378. The zero-order valence-electron chi connectivity index (χ0n) is 11.1. The van der Waals surface area contributed by atoms with Gasteiger partial charge in [0.05, 0.1) is 15.9 Å². The topological polar surface area (TPSA) is 29.9 Å². The van der Waals surface area contributed by atoms with E-state index in [1.807, 2.05) is 11.7 Å². The van der Waals surface area contributed by atoms with Crippen LogP contribution in [0.5, 0.6) is 0 Å². The van der Waals surface area contributed by atoms with E-state index in [4.69, 9.17) is 23.2 Å². The van der Waals surface area contributed by atoms with Crippen LogP contribution < -0.4 is 5.32 Å². The second-order valence-electron chi connectivity index (χ2n) is 4.44. The molecule has 1 aromatic heterocycles. The molecule has 0 unspecified atom stereocenters. The van der Waals surface area contributed by atoms with Gasteiger partial charge in [0, 0.05) is 30.9 Å². The molecule has 0 amide bonds. The van der Waals surface area contributed by atoms with Crippen LogP contribution in [0.1, 0.15) is 31.7 Å². The summed E-state index contributed by atoms with van der Waals surface area (Å²) in [5.41, 5.74) is 1.99. The molecule has 0 spiro atoms. The van der Waals surface area contributed by atoms with Crippen LogP contribution in [0.25, 0.3) is 0 Å². The second-order valence-corrected chi connectivity index (χ2v) is 5.77. The summed E-state index contributed by atoms with van der Waals surface area (Å²) in [6.45, 7) is 4.89. The highest BCUT2D eigenvalue weighted by Crippen LogP contribution is 2.23. The third-order valence-corrected chi connectivity index (χ3v) is 5.26. The minimum atomic E-state index is -0.209. The summed E-state index contributed by atoms with van der Waals surface area (Å²) >= 11 is 15.7. The fourth-order valence-electron chi connectivity index (χ4n) is 1.73. The average Bonchev–Trinajstić information content (AvgIpc) is 2.67. The molecule has 1 N–H and O–H groups in total. The Bertz CT molecular complexity index is 381. The monoisotopic (exact) mass is 355 g/mol. The van der Waals surface area contributed by atoms with Crippen LogP contribution in [-0.4, -0.2) is 27.1 Å². The number of rotatable bonds is 7. The first-order valence-corrected chi connectivity index (χ1v) is 7.97. The zero-order valence-corrected chi connectivity index (χ0v) is 14.2. The molecule has 0 radical (unpaired) electrons. The minimum absolute atomic E-state index is 0.209. The van der Waals surface area contributed by atoms with Gasteiger partial charge in [-0.2, -0.15) is 5.10 Å². The Morgan fingerprint density at radius 1 is 1.33 bits per heavy atom. The molecule has 0 aliphatic rings. The van der Waals surface area contributed by atoms with Gasteiger partial charge >= 0.3 is 0 Å². The lowest BCUT2D eigenvalue weighted by Gasteiger charge is -2.29. The van der Waals surface area contributed by atoms with Gasteiger partial charge in [0.25, 0.3) is 0 Å². The van der Waals surface area contributed by atoms with Gasteiger partial charge < -0.3 is 5.32 Å². The lowest BCUT2D eigenvalue weighted by Crippen LogP contribution is -2.48. The second kappa shape index (κ2) is 7.13. The third kappa shape index (κ3) is 3.41. The third-order valence-electron chi connectivity index (χ3n) is 3.32. The molecule has 1 aromatic rings. The maximum Gasteiger partial charge on any atom is 0.0767 e. The van der Waals surface area contributed by atoms with Crippen molar-refractivity contribution in [2.75, 3.05) is 11.8 Å². The molecule has 0 aliphatic heterocycles. The maximum absolute atomic E-state index is 6.02. The van der Waals surface area contributed by atoms with Crippen LogP contribution in [0.2, 0.25) is 0 Å². The Morgan fingerprint density at radius 2 is 1.94 bits per heavy atom. The van der Waals surface area contributed by atoms with E-state index in [1.165, 1.54) is 0 Å². The summed E-state index contributed by atoms with van der Waals surface area (Å²) in [6.07, 6.45) is 1.81. The van der Waals surface area contributed by atoms with Crippen molar-refractivity contribution in [2.24, 2.45) is 7.05 Å². The molecule has 0 saturated heterocycles. The molecular formula is C12H20BrCl2N3. The van der Waals surface area contributed by atoms with E-state index in [9.17, 15) is 0 Å². The van der Waals surface area contributed by atoms with Crippen molar-refractivity contribution in [3.63, 3.8) is 0 Å². The molecule has 0 fully saturated rings. The molecule has 3 nitrogen and oxygen atoms in total. The molecule has 104 valence electrons. The van der Waals surface area contributed by atoms with Crippen LogP contribution >= 0.6 is 39.1 Å². The van der Waals surface area contributed by atoms with Crippen LogP contribution in [0.4, 0.5) is 0 Å². The predicted octanol–water partition coefficient (Wildman–Crippen LogP) is 3.46. The number of hydrogen-bond acceptors (Lipinski definition) is 2. The van der Waals surface area contributed by atoms with Gasteiger partial charge in [-0.3, -0.25) is 4.68 Å². The predicted molar refractivity (Wildman–Crippen MR) is 81.6 cm³/mol. The van der Waals surface area contributed by atoms with Crippen LogP contribution in [-0.2, 0) is 20.0 Å². The Morgan fingerprint density at radius 3 is 2.33 bits per heavy atom. The van der Waals surface area contributed by atoms with Gasteiger partial charge in [0.2, 0.25) is 0 Å². The normalized spacial score (nSPS) is 12.1. The van der Waals surface area contributed by atoms with Gasteiger partial charge in [-0.1, -0.05) is 13.8 Å². The Balaban J connectivity index is 2.82. The SMILES string of the molecule is CCc1nn(C)c(CNC(CC)(CCl)CCl)c1Br. The smallest absolute Gasteiger partial charge is 0.0767 e. The van der Waals surface area contributed by atoms with Gasteiger partial charge in [-0.15, -0.1) is 23.2 Å². The van der Waals surface area contributed by atoms with E-state index in [0.717, 1.165) is 28.7 Å². The van der Waals surface area contributed by atoms with Gasteiger partial charge in [0.1, 0.15) is 0 Å². The maximum atomic E-state index is 6.02. The number of hydrogen-bond donors (Lipinski definition) is 1.